The van der Waals surface area contributed by atoms with E-state index >= 15 is 0 Å². The molecule has 0 atom stereocenters. The number of imidazole rings is 1. The monoisotopic (exact) mass is 193 g/mol. The SMILES string of the molecule is [2H]c1c(C)c([2H])n2c(C(=O)O)c(C)nc2c1[2H]. The van der Waals surface area contributed by atoms with Crippen LogP contribution in [0.4, 0.5) is 0 Å². The summed E-state index contributed by atoms with van der Waals surface area (Å²) in [6.45, 7) is 3.03. The number of hydrogen-bond acceptors (Lipinski definition) is 2. The standard InChI is InChI=1S/C10H10N2O2/c1-6-3-4-8-11-7(2)9(10(13)14)12(8)5-6/h3-5H,1-2H3,(H,13,14)/i3D,4D,5D. The van der Waals surface area contributed by atoms with Crippen LogP contribution in [-0.4, -0.2) is 20.5 Å². The van der Waals surface area contributed by atoms with Gasteiger partial charge < -0.3 is 5.11 Å². The second kappa shape index (κ2) is 2.83. The molecule has 0 bridgehead atoms. The molecule has 0 aliphatic rings. The van der Waals surface area contributed by atoms with Gasteiger partial charge in [0, 0.05) is 6.17 Å². The van der Waals surface area contributed by atoms with Crippen molar-refractivity contribution in [3.05, 3.63) is 35.2 Å². The summed E-state index contributed by atoms with van der Waals surface area (Å²) >= 11 is 0. The molecule has 2 aromatic rings. The van der Waals surface area contributed by atoms with E-state index in [0.29, 0.717) is 0 Å². The normalized spacial score (nSPS) is 13.7. The maximum atomic E-state index is 11.1. The molecular formula is C10H10N2O2. The highest BCUT2D eigenvalue weighted by molar-refractivity contribution is 5.88. The molecule has 4 heteroatoms. The number of nitrogens with zero attached hydrogens (tertiary/aromatic N) is 2. The van der Waals surface area contributed by atoms with E-state index in [9.17, 15) is 4.79 Å². The molecule has 2 heterocycles. The minimum absolute atomic E-state index is 0.0421. The van der Waals surface area contributed by atoms with Crippen LogP contribution >= 0.6 is 0 Å². The van der Waals surface area contributed by atoms with Crippen molar-refractivity contribution in [1.82, 2.24) is 9.38 Å². The Labute approximate surface area is 85.0 Å². The lowest BCUT2D eigenvalue weighted by Gasteiger charge is -1.98. The number of aromatic carboxylic acids is 1. The summed E-state index contributed by atoms with van der Waals surface area (Å²) in [6, 6.07) is -0.251. The second-order valence-corrected chi connectivity index (χ2v) is 3.00. The van der Waals surface area contributed by atoms with E-state index in [1.54, 1.807) is 0 Å². The van der Waals surface area contributed by atoms with Crippen molar-refractivity contribution in [2.75, 3.05) is 0 Å². The Bertz CT molecular complexity index is 649. The van der Waals surface area contributed by atoms with Gasteiger partial charge in [-0.2, -0.15) is 0 Å². The lowest BCUT2D eigenvalue weighted by Crippen LogP contribution is -2.03. The zero-order chi connectivity index (χ0) is 12.9. The van der Waals surface area contributed by atoms with E-state index in [0.717, 1.165) is 4.40 Å². The molecule has 2 aromatic heterocycles. The minimum atomic E-state index is -1.19. The van der Waals surface area contributed by atoms with Crippen LogP contribution in [0.5, 0.6) is 0 Å². The predicted octanol–water partition coefficient (Wildman–Crippen LogP) is 1.65. The number of hydrogen-bond donors (Lipinski definition) is 1. The summed E-state index contributed by atoms with van der Waals surface area (Å²) in [6.07, 6.45) is -0.112. The molecule has 0 saturated carbocycles. The van der Waals surface area contributed by atoms with Gasteiger partial charge in [0.25, 0.3) is 0 Å². The molecular weight excluding hydrogens is 180 g/mol. The quantitative estimate of drug-likeness (QED) is 0.749. The lowest BCUT2D eigenvalue weighted by molar-refractivity contribution is 0.0688. The van der Waals surface area contributed by atoms with Gasteiger partial charge in [-0.1, -0.05) is 6.04 Å². The van der Waals surface area contributed by atoms with E-state index in [2.05, 4.69) is 4.98 Å². The van der Waals surface area contributed by atoms with E-state index in [-0.39, 0.29) is 40.9 Å². The molecule has 14 heavy (non-hydrogen) atoms. The zero-order valence-corrected chi connectivity index (χ0v) is 7.75. The van der Waals surface area contributed by atoms with Crippen LogP contribution in [0.25, 0.3) is 5.65 Å². The summed E-state index contributed by atoms with van der Waals surface area (Å²) in [5.41, 5.74) is 0.425. The first kappa shape index (κ1) is 5.80. The highest BCUT2D eigenvalue weighted by Gasteiger charge is 2.14. The molecule has 0 aliphatic carbocycles. The molecule has 0 unspecified atom stereocenters. The highest BCUT2D eigenvalue weighted by Crippen LogP contribution is 2.12. The zero-order valence-electron chi connectivity index (χ0n) is 10.7. The molecule has 0 amide bonds. The Hall–Kier alpha value is -1.84. The molecule has 0 fully saturated rings. The number of carboxylic acids is 1. The highest BCUT2D eigenvalue weighted by atomic mass is 16.4. The van der Waals surface area contributed by atoms with Gasteiger partial charge in [0.05, 0.1) is 9.81 Å². The molecule has 0 aromatic carbocycles. The van der Waals surface area contributed by atoms with Crippen LogP contribution in [0.15, 0.2) is 18.3 Å². The average Bonchev–Trinajstić information content (AvgIpc) is 2.61. The first-order chi connectivity index (χ1) is 7.86. The van der Waals surface area contributed by atoms with Gasteiger partial charge in [-0.3, -0.25) is 4.40 Å². The van der Waals surface area contributed by atoms with Crippen LogP contribution < -0.4 is 0 Å². The maximum Gasteiger partial charge on any atom is 0.354 e. The van der Waals surface area contributed by atoms with Crippen molar-refractivity contribution in [3.63, 3.8) is 0 Å². The van der Waals surface area contributed by atoms with E-state index in [4.69, 9.17) is 9.22 Å². The average molecular weight is 193 g/mol. The van der Waals surface area contributed by atoms with Crippen LogP contribution in [0.1, 0.15) is 25.9 Å². The van der Waals surface area contributed by atoms with Gasteiger partial charge >= 0.3 is 5.97 Å². The third-order valence-electron chi connectivity index (χ3n) is 1.90. The van der Waals surface area contributed by atoms with Crippen molar-refractivity contribution in [1.29, 1.82) is 0 Å². The third kappa shape index (κ3) is 1.16. The molecule has 0 saturated heterocycles. The molecule has 0 aliphatic heterocycles. The van der Waals surface area contributed by atoms with Gasteiger partial charge in [-0.25, -0.2) is 9.78 Å². The smallest absolute Gasteiger partial charge is 0.354 e. The third-order valence-corrected chi connectivity index (χ3v) is 1.90. The topological polar surface area (TPSA) is 54.6 Å². The Kier molecular flexibility index (Phi) is 1.17. The fraction of sp³-hybridized carbons (Fsp3) is 0.200. The minimum Gasteiger partial charge on any atom is -0.477 e. The summed E-state index contributed by atoms with van der Waals surface area (Å²) in [7, 11) is 0. The number of carboxylic acid groups (broad SMARTS) is 1. The van der Waals surface area contributed by atoms with Crippen molar-refractivity contribution in [2.24, 2.45) is 0 Å². The number of carbonyl (C=O) groups is 1. The van der Waals surface area contributed by atoms with Crippen molar-refractivity contribution in [2.45, 2.75) is 13.8 Å². The number of aryl methyl sites for hydroxylation is 1. The Morgan fingerprint density at radius 1 is 1.57 bits per heavy atom. The van der Waals surface area contributed by atoms with Crippen LogP contribution in [-0.2, 0) is 0 Å². The Balaban J connectivity index is 3.07. The summed E-state index contributed by atoms with van der Waals surface area (Å²) in [5, 5.41) is 9.08. The number of pyridine rings is 1. The first-order valence-corrected chi connectivity index (χ1v) is 4.05. The van der Waals surface area contributed by atoms with Gasteiger partial charge in [-0.05, 0) is 25.5 Å². The van der Waals surface area contributed by atoms with Crippen LogP contribution in [0.3, 0.4) is 0 Å². The van der Waals surface area contributed by atoms with Crippen LogP contribution in [0.2, 0.25) is 0 Å². The van der Waals surface area contributed by atoms with Gasteiger partial charge in [0.1, 0.15) is 5.65 Å². The second-order valence-electron chi connectivity index (χ2n) is 3.00. The molecule has 2 rings (SSSR count). The fourth-order valence-electron chi connectivity index (χ4n) is 1.32. The van der Waals surface area contributed by atoms with Gasteiger partial charge in [0.15, 0.2) is 5.69 Å². The molecule has 0 spiro atoms. The largest absolute Gasteiger partial charge is 0.477 e. The van der Waals surface area contributed by atoms with Gasteiger partial charge in [0.2, 0.25) is 0 Å². The summed E-state index contributed by atoms with van der Waals surface area (Å²) < 4.78 is 24.3. The van der Waals surface area contributed by atoms with Crippen LogP contribution in [0, 0.1) is 13.8 Å². The fourth-order valence-corrected chi connectivity index (χ4v) is 1.32. The number of fused-ring (bicyclic) bond motifs is 1. The Morgan fingerprint density at radius 2 is 2.29 bits per heavy atom. The van der Waals surface area contributed by atoms with Gasteiger partial charge in [-0.15, -0.1) is 0 Å². The Morgan fingerprint density at radius 3 is 2.93 bits per heavy atom. The predicted molar refractivity (Wildman–Crippen MR) is 51.6 cm³/mol. The van der Waals surface area contributed by atoms with E-state index < -0.39 is 5.97 Å². The first-order valence-electron chi connectivity index (χ1n) is 5.55. The van der Waals surface area contributed by atoms with Crippen molar-refractivity contribution in [3.8, 4) is 0 Å². The molecule has 72 valence electrons. The number of rotatable bonds is 1. The lowest BCUT2D eigenvalue weighted by atomic mass is 10.3. The van der Waals surface area contributed by atoms with Crippen molar-refractivity contribution < 1.29 is 14.0 Å². The molecule has 0 radical (unpaired) electrons. The molecule has 1 N–H and O–H groups in total. The summed E-state index contributed by atoms with van der Waals surface area (Å²) in [4.78, 5) is 15.1. The van der Waals surface area contributed by atoms with E-state index in [1.165, 1.54) is 13.8 Å². The van der Waals surface area contributed by atoms with E-state index in [1.807, 2.05) is 0 Å². The number of aromatic nitrogens is 2. The maximum absolute atomic E-state index is 11.1. The molecule has 4 nitrogen and oxygen atoms in total. The summed E-state index contributed by atoms with van der Waals surface area (Å²) in [5.74, 6) is -1.19. The van der Waals surface area contributed by atoms with Crippen molar-refractivity contribution >= 4 is 11.6 Å².